The number of nitrogens with zero attached hydrogens (tertiary/aromatic N) is 5. The van der Waals surface area contributed by atoms with Crippen LogP contribution >= 0.6 is 0 Å². The van der Waals surface area contributed by atoms with E-state index < -0.39 is 0 Å². The smallest absolute Gasteiger partial charge is 0.242 e. The number of nitrogens with one attached hydrogen (secondary N) is 1. The molecule has 0 fully saturated rings. The molecule has 1 N–H and O–H groups in total. The zero-order valence-corrected chi connectivity index (χ0v) is 16.4. The highest BCUT2D eigenvalue weighted by Crippen LogP contribution is 2.26. The van der Waals surface area contributed by atoms with Crippen molar-refractivity contribution in [1.29, 1.82) is 0 Å². The van der Waals surface area contributed by atoms with Crippen LogP contribution in [0.4, 0.5) is 4.39 Å². The Bertz CT molecular complexity index is 1110. The number of benzene rings is 1. The number of aromatic nitrogens is 5. The molecule has 152 valence electrons. The van der Waals surface area contributed by atoms with Gasteiger partial charge in [-0.05, 0) is 49.4 Å². The standard InChI is InChI=1S/C22H21FN6O/c1-16(28-11-9-25-15-28)22(30)26-10-12-29-21(18-3-2-8-24-14-18)13-20(27-29)17-4-6-19(23)7-5-17/h2-9,11,13-16H,10,12H2,1H3,(H,26,30)/t16-/m1/s1. The molecule has 3 aromatic heterocycles. The number of carbonyl (C=O) groups is 1. The van der Waals surface area contributed by atoms with Crippen LogP contribution < -0.4 is 5.32 Å². The van der Waals surface area contributed by atoms with Crippen molar-refractivity contribution in [2.75, 3.05) is 6.54 Å². The number of halogens is 1. The van der Waals surface area contributed by atoms with Crippen molar-refractivity contribution in [3.05, 3.63) is 79.4 Å². The molecule has 0 saturated carbocycles. The first-order valence-electron chi connectivity index (χ1n) is 9.61. The third kappa shape index (κ3) is 4.27. The maximum atomic E-state index is 13.3. The van der Waals surface area contributed by atoms with Gasteiger partial charge in [0.2, 0.25) is 5.91 Å². The Morgan fingerprint density at radius 3 is 2.67 bits per heavy atom. The van der Waals surface area contributed by atoms with Crippen LogP contribution in [0.2, 0.25) is 0 Å². The summed E-state index contributed by atoms with van der Waals surface area (Å²) in [6.07, 6.45) is 8.50. The maximum Gasteiger partial charge on any atom is 0.242 e. The third-order valence-corrected chi connectivity index (χ3v) is 4.85. The van der Waals surface area contributed by atoms with E-state index >= 15 is 0 Å². The zero-order chi connectivity index (χ0) is 20.9. The van der Waals surface area contributed by atoms with Gasteiger partial charge < -0.3 is 9.88 Å². The van der Waals surface area contributed by atoms with Gasteiger partial charge in [-0.25, -0.2) is 9.37 Å². The lowest BCUT2D eigenvalue weighted by atomic mass is 10.1. The van der Waals surface area contributed by atoms with Crippen LogP contribution in [0, 0.1) is 5.82 Å². The summed E-state index contributed by atoms with van der Waals surface area (Å²) in [6.45, 7) is 2.71. The van der Waals surface area contributed by atoms with E-state index in [4.69, 9.17) is 0 Å². The highest BCUT2D eigenvalue weighted by Gasteiger charge is 2.15. The summed E-state index contributed by atoms with van der Waals surface area (Å²) < 4.78 is 16.9. The number of hydrogen-bond acceptors (Lipinski definition) is 4. The SMILES string of the molecule is C[C@H](C(=O)NCCn1nc(-c2ccc(F)cc2)cc1-c1cccnc1)n1ccnc1. The Balaban J connectivity index is 1.52. The van der Waals surface area contributed by atoms with E-state index in [2.05, 4.69) is 20.4 Å². The molecule has 0 unspecified atom stereocenters. The quantitative estimate of drug-likeness (QED) is 0.513. The number of amides is 1. The lowest BCUT2D eigenvalue weighted by Crippen LogP contribution is -2.33. The Kier molecular flexibility index (Phi) is 5.65. The zero-order valence-electron chi connectivity index (χ0n) is 16.4. The lowest BCUT2D eigenvalue weighted by Gasteiger charge is -2.14. The summed E-state index contributed by atoms with van der Waals surface area (Å²) in [5.41, 5.74) is 3.33. The average molecular weight is 404 g/mol. The number of hydrogen-bond donors (Lipinski definition) is 1. The fourth-order valence-corrected chi connectivity index (χ4v) is 3.16. The van der Waals surface area contributed by atoms with E-state index in [0.29, 0.717) is 13.1 Å². The maximum absolute atomic E-state index is 13.3. The summed E-state index contributed by atoms with van der Waals surface area (Å²) in [7, 11) is 0. The van der Waals surface area contributed by atoms with Crippen LogP contribution in [0.25, 0.3) is 22.5 Å². The topological polar surface area (TPSA) is 77.6 Å². The minimum absolute atomic E-state index is 0.0955. The highest BCUT2D eigenvalue weighted by molar-refractivity contribution is 5.79. The molecule has 0 saturated heterocycles. The second-order valence-electron chi connectivity index (χ2n) is 6.86. The van der Waals surface area contributed by atoms with Gasteiger partial charge in [-0.15, -0.1) is 0 Å². The molecule has 1 amide bonds. The summed E-state index contributed by atoms with van der Waals surface area (Å²) in [4.78, 5) is 20.6. The van der Waals surface area contributed by atoms with E-state index in [1.54, 1.807) is 47.8 Å². The highest BCUT2D eigenvalue weighted by atomic mass is 19.1. The van der Waals surface area contributed by atoms with Gasteiger partial charge >= 0.3 is 0 Å². The molecule has 30 heavy (non-hydrogen) atoms. The van der Waals surface area contributed by atoms with Crippen LogP contribution in [0.3, 0.4) is 0 Å². The molecule has 4 aromatic rings. The van der Waals surface area contributed by atoms with Gasteiger partial charge in [-0.1, -0.05) is 0 Å². The van der Waals surface area contributed by atoms with E-state index in [1.807, 2.05) is 29.8 Å². The Morgan fingerprint density at radius 1 is 1.13 bits per heavy atom. The summed E-state index contributed by atoms with van der Waals surface area (Å²) in [5, 5.41) is 7.62. The first kappa shape index (κ1) is 19.5. The Hall–Kier alpha value is -3.81. The molecule has 3 heterocycles. The molecule has 0 spiro atoms. The van der Waals surface area contributed by atoms with Crippen molar-refractivity contribution in [2.45, 2.75) is 19.5 Å². The van der Waals surface area contributed by atoms with Crippen molar-refractivity contribution in [3.8, 4) is 22.5 Å². The largest absolute Gasteiger partial charge is 0.352 e. The van der Waals surface area contributed by atoms with Crippen molar-refractivity contribution in [2.24, 2.45) is 0 Å². The number of rotatable bonds is 7. The van der Waals surface area contributed by atoms with Gasteiger partial charge in [-0.2, -0.15) is 5.10 Å². The van der Waals surface area contributed by atoms with Gasteiger partial charge in [0.05, 0.1) is 24.3 Å². The van der Waals surface area contributed by atoms with Crippen molar-refractivity contribution in [3.63, 3.8) is 0 Å². The summed E-state index contributed by atoms with van der Waals surface area (Å²) in [5.74, 6) is -0.387. The predicted molar refractivity (Wildman–Crippen MR) is 111 cm³/mol. The molecule has 0 bridgehead atoms. The molecular formula is C22H21FN6O. The third-order valence-electron chi connectivity index (χ3n) is 4.85. The van der Waals surface area contributed by atoms with E-state index in [0.717, 1.165) is 22.5 Å². The van der Waals surface area contributed by atoms with E-state index in [9.17, 15) is 9.18 Å². The molecule has 0 radical (unpaired) electrons. The van der Waals surface area contributed by atoms with Gasteiger partial charge in [0.1, 0.15) is 11.9 Å². The van der Waals surface area contributed by atoms with Crippen LogP contribution in [0.1, 0.15) is 13.0 Å². The van der Waals surface area contributed by atoms with E-state index in [-0.39, 0.29) is 17.8 Å². The fourth-order valence-electron chi connectivity index (χ4n) is 3.16. The van der Waals surface area contributed by atoms with Crippen LogP contribution in [0.5, 0.6) is 0 Å². The second-order valence-corrected chi connectivity index (χ2v) is 6.86. The van der Waals surface area contributed by atoms with Gasteiger partial charge in [-0.3, -0.25) is 14.5 Å². The van der Waals surface area contributed by atoms with Gasteiger partial charge in [0.15, 0.2) is 0 Å². The minimum Gasteiger partial charge on any atom is -0.352 e. The molecular weight excluding hydrogens is 383 g/mol. The molecule has 4 rings (SSSR count). The summed E-state index contributed by atoms with van der Waals surface area (Å²) >= 11 is 0. The van der Waals surface area contributed by atoms with Crippen molar-refractivity contribution >= 4 is 5.91 Å². The molecule has 1 atom stereocenters. The summed E-state index contributed by atoms with van der Waals surface area (Å²) in [6, 6.07) is 11.6. The molecule has 8 heteroatoms. The first-order valence-corrected chi connectivity index (χ1v) is 9.61. The molecule has 0 aliphatic rings. The monoisotopic (exact) mass is 404 g/mol. The molecule has 1 aromatic carbocycles. The van der Waals surface area contributed by atoms with Gasteiger partial charge in [0, 0.05) is 42.5 Å². The normalized spacial score (nSPS) is 11.9. The average Bonchev–Trinajstić information content (AvgIpc) is 3.45. The van der Waals surface area contributed by atoms with Crippen LogP contribution in [0.15, 0.2) is 73.6 Å². The Morgan fingerprint density at radius 2 is 1.97 bits per heavy atom. The van der Waals surface area contributed by atoms with Crippen LogP contribution in [-0.2, 0) is 11.3 Å². The molecule has 0 aliphatic heterocycles. The van der Waals surface area contributed by atoms with E-state index in [1.165, 1.54) is 12.1 Å². The lowest BCUT2D eigenvalue weighted by molar-refractivity contribution is -0.123. The predicted octanol–water partition coefficient (Wildman–Crippen LogP) is 3.33. The van der Waals surface area contributed by atoms with Crippen molar-refractivity contribution < 1.29 is 9.18 Å². The number of imidazole rings is 1. The molecule has 0 aliphatic carbocycles. The number of pyridine rings is 1. The molecule has 7 nitrogen and oxygen atoms in total. The van der Waals surface area contributed by atoms with Crippen LogP contribution in [-0.4, -0.2) is 36.8 Å². The second kappa shape index (κ2) is 8.69. The van der Waals surface area contributed by atoms with Crippen molar-refractivity contribution in [1.82, 2.24) is 29.6 Å². The number of carbonyl (C=O) groups excluding carboxylic acids is 1. The minimum atomic E-state index is -0.349. The first-order chi connectivity index (χ1) is 14.6. The Labute approximate surface area is 173 Å². The van der Waals surface area contributed by atoms with Gasteiger partial charge in [0.25, 0.3) is 0 Å². The fraction of sp³-hybridized carbons (Fsp3) is 0.182.